The van der Waals surface area contributed by atoms with Crippen LogP contribution in [0, 0.1) is 0 Å². The number of carbonyl (C=O) groups excluding carboxylic acids is 1. The van der Waals surface area contributed by atoms with Crippen LogP contribution in [-0.2, 0) is 36.1 Å². The van der Waals surface area contributed by atoms with Crippen molar-refractivity contribution in [3.63, 3.8) is 0 Å². The van der Waals surface area contributed by atoms with Crippen LogP contribution in [-0.4, -0.2) is 36.3 Å². The van der Waals surface area contributed by atoms with E-state index in [0.29, 0.717) is 13.0 Å². The van der Waals surface area contributed by atoms with Crippen molar-refractivity contribution in [1.29, 1.82) is 0 Å². The molecule has 0 aromatic heterocycles. The molecule has 2 rings (SSSR count). The molecule has 0 atom stereocenters. The number of hydrogen-bond acceptors (Lipinski definition) is 6. The molecule has 0 saturated carbocycles. The quantitative estimate of drug-likeness (QED) is 0.248. The molecule has 0 aliphatic heterocycles. The molecule has 0 N–H and O–H groups in total. The number of phosphoric acid groups is 1. The minimum atomic E-state index is -3.90. The lowest BCUT2D eigenvalue weighted by Crippen LogP contribution is -2.39. The van der Waals surface area contributed by atoms with E-state index < -0.39 is 19.5 Å². The van der Waals surface area contributed by atoms with E-state index in [0.717, 1.165) is 11.1 Å². The fraction of sp³-hybridized carbons (Fsp3) is 0.400. The van der Waals surface area contributed by atoms with Gasteiger partial charge in [0.05, 0.1) is 19.8 Å². The van der Waals surface area contributed by atoms with E-state index in [1.807, 2.05) is 60.7 Å². The number of amides is 1. The molecular formula is C25H34NO6P. The van der Waals surface area contributed by atoms with Crippen molar-refractivity contribution in [3.8, 4) is 0 Å². The Morgan fingerprint density at radius 3 is 1.88 bits per heavy atom. The van der Waals surface area contributed by atoms with Gasteiger partial charge in [0.2, 0.25) is 0 Å². The number of ether oxygens (including phenoxy) is 1. The first-order chi connectivity index (χ1) is 15.7. The fourth-order valence-electron chi connectivity index (χ4n) is 2.70. The lowest BCUT2D eigenvalue weighted by Gasteiger charge is -2.27. The molecule has 0 heterocycles. The van der Waals surface area contributed by atoms with Crippen LogP contribution in [0.3, 0.4) is 0 Å². The maximum Gasteiger partial charge on any atom is 0.475 e. The number of rotatable bonds is 13. The average molecular weight is 476 g/mol. The predicted octanol–water partition coefficient (Wildman–Crippen LogP) is 6.36. The van der Waals surface area contributed by atoms with Gasteiger partial charge in [-0.15, -0.1) is 6.58 Å². The Morgan fingerprint density at radius 2 is 1.42 bits per heavy atom. The van der Waals surface area contributed by atoms with Gasteiger partial charge < -0.3 is 9.64 Å². The molecule has 0 unspecified atom stereocenters. The van der Waals surface area contributed by atoms with Gasteiger partial charge in [-0.2, -0.15) is 0 Å². The summed E-state index contributed by atoms with van der Waals surface area (Å²) in [5.74, 6) is 0. The van der Waals surface area contributed by atoms with Gasteiger partial charge in [0.15, 0.2) is 0 Å². The van der Waals surface area contributed by atoms with E-state index in [9.17, 15) is 9.36 Å². The van der Waals surface area contributed by atoms with Crippen LogP contribution in [0.25, 0.3) is 0 Å². The molecule has 0 spiro atoms. The van der Waals surface area contributed by atoms with Crippen LogP contribution >= 0.6 is 7.82 Å². The molecule has 1 amide bonds. The van der Waals surface area contributed by atoms with Gasteiger partial charge in [-0.05, 0) is 38.3 Å². The summed E-state index contributed by atoms with van der Waals surface area (Å²) in [6, 6.07) is 18.7. The highest BCUT2D eigenvalue weighted by Gasteiger charge is 2.28. The van der Waals surface area contributed by atoms with Gasteiger partial charge in [0.1, 0.15) is 5.60 Å². The molecule has 180 valence electrons. The van der Waals surface area contributed by atoms with Gasteiger partial charge in [-0.25, -0.2) is 9.36 Å². The number of nitrogens with zero attached hydrogens (tertiary/aromatic N) is 1. The zero-order valence-electron chi connectivity index (χ0n) is 19.6. The lowest BCUT2D eigenvalue weighted by molar-refractivity contribution is 0.0205. The van der Waals surface area contributed by atoms with E-state index in [1.54, 1.807) is 26.8 Å². The van der Waals surface area contributed by atoms with Crippen molar-refractivity contribution in [1.82, 2.24) is 4.90 Å². The van der Waals surface area contributed by atoms with Crippen molar-refractivity contribution in [3.05, 3.63) is 84.4 Å². The summed E-state index contributed by atoms with van der Waals surface area (Å²) in [6.45, 7) is 9.76. The van der Waals surface area contributed by atoms with Gasteiger partial charge >= 0.3 is 13.9 Å². The Morgan fingerprint density at radius 1 is 0.909 bits per heavy atom. The van der Waals surface area contributed by atoms with Crippen molar-refractivity contribution in [2.24, 2.45) is 0 Å². The zero-order chi connectivity index (χ0) is 24.2. The maximum atomic E-state index is 13.3. The van der Waals surface area contributed by atoms with E-state index in [2.05, 4.69) is 6.58 Å². The van der Waals surface area contributed by atoms with Crippen molar-refractivity contribution in [2.45, 2.75) is 46.0 Å². The van der Waals surface area contributed by atoms with Crippen molar-refractivity contribution in [2.75, 3.05) is 19.7 Å². The predicted molar refractivity (Wildman–Crippen MR) is 129 cm³/mol. The molecule has 0 bridgehead atoms. The molecule has 0 aliphatic carbocycles. The number of hydrogen-bond donors (Lipinski definition) is 0. The Kier molecular flexibility index (Phi) is 10.8. The highest BCUT2D eigenvalue weighted by Crippen LogP contribution is 2.50. The molecule has 33 heavy (non-hydrogen) atoms. The van der Waals surface area contributed by atoms with Gasteiger partial charge in [-0.3, -0.25) is 13.6 Å². The second kappa shape index (κ2) is 13.3. The third-order valence-corrected chi connectivity index (χ3v) is 5.72. The molecule has 0 radical (unpaired) electrons. The lowest BCUT2D eigenvalue weighted by atomic mass is 10.2. The fourth-order valence-corrected chi connectivity index (χ4v) is 3.84. The topological polar surface area (TPSA) is 74.3 Å². The third kappa shape index (κ3) is 10.8. The summed E-state index contributed by atoms with van der Waals surface area (Å²) in [5, 5.41) is 0. The maximum absolute atomic E-state index is 13.3. The van der Waals surface area contributed by atoms with Crippen molar-refractivity contribution >= 4 is 13.9 Å². The second-order valence-electron chi connectivity index (χ2n) is 8.34. The largest absolute Gasteiger partial charge is 0.475 e. The SMILES string of the molecule is C=CCCN(CCOP(=O)(OCc1ccccc1)OCc1ccccc1)C(=O)OC(C)(C)C. The molecule has 0 saturated heterocycles. The Balaban J connectivity index is 2.02. The molecule has 8 heteroatoms. The summed E-state index contributed by atoms with van der Waals surface area (Å²) in [4.78, 5) is 14.0. The van der Waals surface area contributed by atoms with Crippen LogP contribution in [0.5, 0.6) is 0 Å². The van der Waals surface area contributed by atoms with Gasteiger partial charge in [0, 0.05) is 13.1 Å². The minimum absolute atomic E-state index is 0.0444. The van der Waals surface area contributed by atoms with E-state index in [4.69, 9.17) is 18.3 Å². The van der Waals surface area contributed by atoms with Crippen LogP contribution in [0.4, 0.5) is 4.79 Å². The summed E-state index contributed by atoms with van der Waals surface area (Å²) >= 11 is 0. The molecule has 0 fully saturated rings. The monoisotopic (exact) mass is 475 g/mol. The Labute approximate surface area is 196 Å². The first-order valence-electron chi connectivity index (χ1n) is 10.9. The van der Waals surface area contributed by atoms with Crippen LogP contribution in [0.1, 0.15) is 38.3 Å². The standard InChI is InChI=1S/C25H34NO6P/c1-5-6-17-26(24(27)32-25(2,3)4)18-19-29-33(28,30-20-22-13-9-7-10-14-22)31-21-23-15-11-8-12-16-23/h5,7-16H,1,6,17-21H2,2-4H3. The normalized spacial score (nSPS) is 11.7. The molecule has 7 nitrogen and oxygen atoms in total. The summed E-state index contributed by atoms with van der Waals surface area (Å²) in [7, 11) is -3.90. The zero-order valence-corrected chi connectivity index (χ0v) is 20.5. The first kappa shape index (κ1) is 26.8. The van der Waals surface area contributed by atoms with Crippen molar-refractivity contribution < 1.29 is 27.7 Å². The smallest absolute Gasteiger partial charge is 0.444 e. The third-order valence-electron chi connectivity index (χ3n) is 4.33. The summed E-state index contributed by atoms with van der Waals surface area (Å²) in [5.41, 5.74) is 1.05. The number of carbonyl (C=O) groups is 1. The van der Waals surface area contributed by atoms with E-state index in [1.165, 1.54) is 4.90 Å². The molecule has 2 aromatic carbocycles. The second-order valence-corrected chi connectivity index (χ2v) is 10.0. The Hall–Kier alpha value is -2.44. The Bertz CT molecular complexity index is 851. The first-order valence-corrected chi connectivity index (χ1v) is 12.4. The van der Waals surface area contributed by atoms with E-state index in [-0.39, 0.29) is 26.4 Å². The van der Waals surface area contributed by atoms with E-state index >= 15 is 0 Å². The minimum Gasteiger partial charge on any atom is -0.444 e. The van der Waals surface area contributed by atoms with Gasteiger partial charge in [-0.1, -0.05) is 66.7 Å². The highest BCUT2D eigenvalue weighted by molar-refractivity contribution is 7.48. The summed E-state index contributed by atoms with van der Waals surface area (Å²) < 4.78 is 35.6. The number of phosphoric ester groups is 1. The van der Waals surface area contributed by atoms with Crippen LogP contribution < -0.4 is 0 Å². The molecule has 2 aromatic rings. The molecular weight excluding hydrogens is 441 g/mol. The molecule has 0 aliphatic rings. The highest BCUT2D eigenvalue weighted by atomic mass is 31.2. The van der Waals surface area contributed by atoms with Gasteiger partial charge in [0.25, 0.3) is 0 Å². The van der Waals surface area contributed by atoms with Crippen LogP contribution in [0.2, 0.25) is 0 Å². The van der Waals surface area contributed by atoms with Crippen LogP contribution in [0.15, 0.2) is 73.3 Å². The number of benzene rings is 2. The average Bonchev–Trinajstić information content (AvgIpc) is 2.79. The summed E-state index contributed by atoms with van der Waals surface area (Å²) in [6.07, 6.45) is 1.83.